The molecule has 4 rings (SSSR count). The van der Waals surface area contributed by atoms with Crippen molar-refractivity contribution in [2.45, 2.75) is 114 Å². The van der Waals surface area contributed by atoms with Crippen molar-refractivity contribution < 1.29 is 89.7 Å². The van der Waals surface area contributed by atoms with Crippen molar-refractivity contribution in [1.82, 2.24) is 0 Å². The molecule has 0 saturated carbocycles. The van der Waals surface area contributed by atoms with E-state index in [1.807, 2.05) is 24.3 Å². The summed E-state index contributed by atoms with van der Waals surface area (Å²) in [5.74, 6) is 0.600. The van der Waals surface area contributed by atoms with Crippen LogP contribution in [0, 0.1) is 0 Å². The number of hydrogen-bond donors (Lipinski definition) is 2. The molecule has 254 valence electrons. The summed E-state index contributed by atoms with van der Waals surface area (Å²) in [4.78, 5) is 1.17. The number of hydrogen-bond acceptors (Lipinski definition) is 5. The number of phenols is 2. The van der Waals surface area contributed by atoms with Gasteiger partial charge in [-0.2, -0.15) is 0 Å². The standard InChI is InChI=1S/2C14H22O.C12H10O2S.K.Ni.H/c2*1-4-5-6-11-14(2,3)12-7-9-13(15)10-8-12;13-9-5-1-3-7-11(9)15-12-8-4-2-6-10(12)14;;;/h2*7-10,15H,4-6,11H2,1-3H3;1-8,13-14H;;;/q;;;+1;+2;-1/p-2. The molecule has 0 aliphatic rings. The molecule has 0 saturated heterocycles. The summed E-state index contributed by atoms with van der Waals surface area (Å²) in [5, 5.41) is 41.3. The summed E-state index contributed by atoms with van der Waals surface area (Å²) >= 11 is 1.22. The molecule has 47 heavy (non-hydrogen) atoms. The van der Waals surface area contributed by atoms with Crippen LogP contribution in [0.15, 0.2) is 107 Å². The molecule has 4 aromatic carbocycles. The molecule has 0 heterocycles. The van der Waals surface area contributed by atoms with Crippen LogP contribution in [-0.4, -0.2) is 10.2 Å². The smallest absolute Gasteiger partial charge is 1.00 e. The van der Waals surface area contributed by atoms with Crippen LogP contribution in [0.5, 0.6) is 23.0 Å². The fourth-order valence-corrected chi connectivity index (χ4v) is 5.80. The number of benzene rings is 4. The molecule has 2 N–H and O–H groups in total. The van der Waals surface area contributed by atoms with Crippen LogP contribution in [0.2, 0.25) is 0 Å². The van der Waals surface area contributed by atoms with E-state index in [2.05, 4.69) is 41.5 Å². The van der Waals surface area contributed by atoms with Crippen molar-refractivity contribution >= 4 is 11.8 Å². The SMILES string of the molecule is CCCCCC(C)(C)c1ccc(O)cc1.CCCCCC(C)(C)c1ccc(O)cc1.[H-].[K+].[Ni+2].[O-]c1ccccc1Sc1ccccc1[O-]. The minimum Gasteiger partial charge on any atom is -1.00 e. The summed E-state index contributed by atoms with van der Waals surface area (Å²) < 4.78 is 0. The molecule has 4 aromatic rings. The molecule has 0 spiro atoms. The van der Waals surface area contributed by atoms with Gasteiger partial charge in [0.2, 0.25) is 0 Å². The minimum absolute atomic E-state index is 0. The molecule has 7 heteroatoms. The van der Waals surface area contributed by atoms with Crippen molar-refractivity contribution in [2.24, 2.45) is 0 Å². The first-order chi connectivity index (χ1) is 21.4. The summed E-state index contributed by atoms with van der Waals surface area (Å²) in [6.45, 7) is 13.6. The van der Waals surface area contributed by atoms with E-state index in [0.717, 1.165) is 0 Å². The van der Waals surface area contributed by atoms with Gasteiger partial charge in [0.1, 0.15) is 11.5 Å². The van der Waals surface area contributed by atoms with Crippen LogP contribution < -0.4 is 61.6 Å². The second kappa shape index (κ2) is 23.8. The van der Waals surface area contributed by atoms with E-state index in [-0.39, 0.29) is 91.6 Å². The van der Waals surface area contributed by atoms with Crippen molar-refractivity contribution in [2.75, 3.05) is 0 Å². The average molecular weight is 728 g/mol. The number of aromatic hydroxyl groups is 2. The Balaban J connectivity index is 0. The molecule has 0 radical (unpaired) electrons. The number of para-hydroxylation sites is 2. The third-order valence-corrected chi connectivity index (χ3v) is 9.14. The Kier molecular flexibility index (Phi) is 23.1. The van der Waals surface area contributed by atoms with Gasteiger partial charge in [0.15, 0.2) is 0 Å². The van der Waals surface area contributed by atoms with Gasteiger partial charge in [0, 0.05) is 9.79 Å². The van der Waals surface area contributed by atoms with Crippen molar-refractivity contribution in [1.29, 1.82) is 0 Å². The van der Waals surface area contributed by atoms with Crippen molar-refractivity contribution in [3.63, 3.8) is 0 Å². The van der Waals surface area contributed by atoms with Gasteiger partial charge in [-0.05, 0) is 71.2 Å². The average Bonchev–Trinajstić information content (AvgIpc) is 3.01. The van der Waals surface area contributed by atoms with Gasteiger partial charge in [0.05, 0.1) is 0 Å². The van der Waals surface area contributed by atoms with E-state index >= 15 is 0 Å². The molecule has 0 aliphatic carbocycles. The molecule has 4 nitrogen and oxygen atoms in total. The van der Waals surface area contributed by atoms with Crippen LogP contribution in [0.3, 0.4) is 0 Å². The van der Waals surface area contributed by atoms with Crippen LogP contribution in [-0.2, 0) is 27.3 Å². The van der Waals surface area contributed by atoms with Gasteiger partial charge in [0.25, 0.3) is 0 Å². The molecule has 0 unspecified atom stereocenters. The molecule has 0 atom stereocenters. The van der Waals surface area contributed by atoms with Crippen molar-refractivity contribution in [3.05, 3.63) is 108 Å². The third-order valence-electron chi connectivity index (χ3n) is 8.03. The molecule has 0 aromatic heterocycles. The van der Waals surface area contributed by atoms with E-state index in [4.69, 9.17) is 0 Å². The Hall–Kier alpha value is -1.44. The summed E-state index contributed by atoms with van der Waals surface area (Å²) in [6, 6.07) is 28.6. The molecule has 0 fully saturated rings. The normalized spacial score (nSPS) is 10.7. The zero-order chi connectivity index (χ0) is 33.3. The topological polar surface area (TPSA) is 86.6 Å². The van der Waals surface area contributed by atoms with E-state index in [1.54, 1.807) is 60.7 Å². The first-order valence-electron chi connectivity index (χ1n) is 16.2. The van der Waals surface area contributed by atoms with E-state index < -0.39 is 0 Å². The Morgan fingerprint density at radius 3 is 1.17 bits per heavy atom. The van der Waals surface area contributed by atoms with E-state index in [1.165, 1.54) is 86.4 Å². The Morgan fingerprint density at radius 2 is 0.872 bits per heavy atom. The maximum atomic E-state index is 11.4. The maximum absolute atomic E-state index is 11.4. The fourth-order valence-electron chi connectivity index (χ4n) is 4.94. The van der Waals surface area contributed by atoms with Gasteiger partial charge in [-0.15, -0.1) is 0 Å². The Bertz CT molecular complexity index is 1290. The fraction of sp³-hybridized carbons (Fsp3) is 0.400. The van der Waals surface area contributed by atoms with Gasteiger partial charge in [-0.3, -0.25) is 0 Å². The molecule has 0 aliphatic heterocycles. The Labute approximate surface area is 342 Å². The Morgan fingerprint density at radius 1 is 0.553 bits per heavy atom. The second-order valence-corrected chi connectivity index (χ2v) is 13.9. The molecule has 0 amide bonds. The summed E-state index contributed by atoms with van der Waals surface area (Å²) in [5.41, 5.74) is 3.08. The zero-order valence-electron chi connectivity index (χ0n) is 30.3. The van der Waals surface area contributed by atoms with Gasteiger partial charge in [-0.25, -0.2) is 0 Å². The maximum Gasteiger partial charge on any atom is 2.00 e. The van der Waals surface area contributed by atoms with Gasteiger partial charge >= 0.3 is 67.9 Å². The molecule has 0 bridgehead atoms. The summed E-state index contributed by atoms with van der Waals surface area (Å²) in [6.07, 6.45) is 10.1. The van der Waals surface area contributed by atoms with Crippen molar-refractivity contribution in [3.8, 4) is 23.0 Å². The molecular formula is C40H53KNiO4S. The summed E-state index contributed by atoms with van der Waals surface area (Å²) in [7, 11) is 0. The molecular weight excluding hydrogens is 674 g/mol. The first-order valence-corrected chi connectivity index (χ1v) is 17.0. The van der Waals surface area contributed by atoms with Crippen LogP contribution >= 0.6 is 11.8 Å². The largest absolute Gasteiger partial charge is 2.00 e. The minimum atomic E-state index is -0.0502. The number of unbranched alkanes of at least 4 members (excludes halogenated alkanes) is 4. The second-order valence-electron chi connectivity index (χ2n) is 12.8. The monoisotopic (exact) mass is 726 g/mol. The van der Waals surface area contributed by atoms with Crippen LogP contribution in [0.4, 0.5) is 0 Å². The van der Waals surface area contributed by atoms with E-state index in [0.29, 0.717) is 21.3 Å². The van der Waals surface area contributed by atoms with Crippen LogP contribution in [0.1, 0.15) is 105 Å². The van der Waals surface area contributed by atoms with Gasteiger partial charge in [-0.1, -0.05) is 164 Å². The third kappa shape index (κ3) is 17.2. The van der Waals surface area contributed by atoms with Crippen LogP contribution in [0.25, 0.3) is 0 Å². The predicted octanol–water partition coefficient (Wildman–Crippen LogP) is 7.60. The number of rotatable bonds is 12. The van der Waals surface area contributed by atoms with E-state index in [9.17, 15) is 20.4 Å². The van der Waals surface area contributed by atoms with Gasteiger partial charge < -0.3 is 21.9 Å². The number of phenolic OH excluding ortho intramolecular Hbond substituents is 2. The quantitative estimate of drug-likeness (QED) is 0.116. The first kappa shape index (κ1) is 45.6. The predicted molar refractivity (Wildman–Crippen MR) is 188 cm³/mol. The zero-order valence-corrected chi connectivity index (χ0v) is 34.3.